The summed E-state index contributed by atoms with van der Waals surface area (Å²) in [6.07, 6.45) is 7.00. The molecule has 1 aliphatic heterocycles. The van der Waals surface area contributed by atoms with Crippen molar-refractivity contribution in [3.63, 3.8) is 0 Å². The molecule has 5 heteroatoms. The van der Waals surface area contributed by atoms with Crippen molar-refractivity contribution in [3.8, 4) is 11.4 Å². The van der Waals surface area contributed by atoms with Crippen molar-refractivity contribution in [3.05, 3.63) is 42.5 Å². The Morgan fingerprint density at radius 3 is 3.15 bits per heavy atom. The van der Waals surface area contributed by atoms with Gasteiger partial charge in [0.05, 0.1) is 21.4 Å². The SMILES string of the molecule is [2H]C([2H])([2H])n1c2[n+](c3sc4cnccc4c31)Cc1ccncc1-2. The number of rotatable bonds is 0. The third kappa shape index (κ3) is 1.10. The highest BCUT2D eigenvalue weighted by Gasteiger charge is 2.34. The maximum absolute atomic E-state index is 8.05. The van der Waals surface area contributed by atoms with Gasteiger partial charge in [0.2, 0.25) is 4.83 Å². The molecule has 0 radical (unpaired) electrons. The predicted molar refractivity (Wildman–Crippen MR) is 78.6 cm³/mol. The molecule has 0 spiro atoms. The second-order valence-corrected chi connectivity index (χ2v) is 5.94. The highest BCUT2D eigenvalue weighted by molar-refractivity contribution is 7.25. The molecule has 20 heavy (non-hydrogen) atoms. The van der Waals surface area contributed by atoms with E-state index in [2.05, 4.69) is 14.5 Å². The molecule has 4 aromatic heterocycles. The monoisotopic (exact) mass is 282 g/mol. The van der Waals surface area contributed by atoms with E-state index < -0.39 is 6.98 Å². The van der Waals surface area contributed by atoms with Crippen molar-refractivity contribution in [2.24, 2.45) is 6.98 Å². The first-order valence-electron chi connectivity index (χ1n) is 7.80. The first-order chi connectivity index (χ1) is 11.1. The molecular formula is C15H11N4S+. The van der Waals surface area contributed by atoms with Gasteiger partial charge >= 0.3 is 0 Å². The summed E-state index contributed by atoms with van der Waals surface area (Å²) in [5.41, 5.74) is 2.76. The van der Waals surface area contributed by atoms with Gasteiger partial charge in [-0.15, -0.1) is 0 Å². The summed E-state index contributed by atoms with van der Waals surface area (Å²) in [6.45, 7) is -1.58. The standard InChI is InChI=1S/C15H11N4S/c1-18-13-10-3-5-17-7-12(10)20-15(13)19-8-9-2-4-16-6-11(9)14(18)19/h2-7H,8H2,1H3/q+1/i1D3. The number of hydrogen-bond donors (Lipinski definition) is 0. The number of fused-ring (bicyclic) bond motifs is 7. The van der Waals surface area contributed by atoms with Gasteiger partial charge in [0.25, 0.3) is 5.82 Å². The summed E-state index contributed by atoms with van der Waals surface area (Å²) >= 11 is 1.58. The van der Waals surface area contributed by atoms with Gasteiger partial charge in [-0.1, -0.05) is 11.3 Å². The van der Waals surface area contributed by atoms with Gasteiger partial charge in [0.1, 0.15) is 6.54 Å². The third-order valence-corrected chi connectivity index (χ3v) is 5.02. The smallest absolute Gasteiger partial charge is 0.264 e. The van der Waals surface area contributed by atoms with E-state index in [4.69, 9.17) is 4.11 Å². The summed E-state index contributed by atoms with van der Waals surface area (Å²) in [6, 6.07) is 3.84. The van der Waals surface area contributed by atoms with Crippen LogP contribution in [0.25, 0.3) is 31.8 Å². The fourth-order valence-electron chi connectivity index (χ4n) is 2.99. The molecule has 0 N–H and O–H groups in total. The van der Waals surface area contributed by atoms with E-state index in [1.165, 1.54) is 4.57 Å². The van der Waals surface area contributed by atoms with Crippen LogP contribution in [0.3, 0.4) is 0 Å². The van der Waals surface area contributed by atoms with E-state index in [-0.39, 0.29) is 0 Å². The lowest BCUT2D eigenvalue weighted by molar-refractivity contribution is -0.644. The second kappa shape index (κ2) is 3.43. The normalized spacial score (nSPS) is 15.9. The number of imidazole rings is 1. The lowest BCUT2D eigenvalue weighted by atomic mass is 10.2. The molecule has 4 nitrogen and oxygen atoms in total. The molecule has 4 aromatic rings. The summed E-state index contributed by atoms with van der Waals surface area (Å²) < 4.78 is 28.7. The average molecular weight is 282 g/mol. The molecule has 0 aliphatic carbocycles. The molecule has 0 fully saturated rings. The van der Waals surface area contributed by atoms with Crippen molar-refractivity contribution in [1.82, 2.24) is 14.5 Å². The molecule has 0 bridgehead atoms. The Bertz CT molecular complexity index is 1090. The van der Waals surface area contributed by atoms with E-state index in [1.807, 2.05) is 12.1 Å². The molecule has 96 valence electrons. The van der Waals surface area contributed by atoms with Crippen molar-refractivity contribution >= 4 is 31.8 Å². The number of thiophene rings is 1. The molecule has 0 aromatic carbocycles. The largest absolute Gasteiger partial charge is 0.292 e. The molecule has 0 unspecified atom stereocenters. The van der Waals surface area contributed by atoms with Gasteiger partial charge in [0.15, 0.2) is 5.52 Å². The zero-order valence-corrected chi connectivity index (χ0v) is 11.2. The third-order valence-electron chi connectivity index (χ3n) is 3.87. The van der Waals surface area contributed by atoms with Crippen LogP contribution in [-0.4, -0.2) is 14.5 Å². The molecule has 1 aliphatic rings. The molecule has 0 saturated carbocycles. The minimum atomic E-state index is -2.26. The Labute approximate surface area is 123 Å². The van der Waals surface area contributed by atoms with Crippen molar-refractivity contribution in [2.45, 2.75) is 6.54 Å². The fourth-order valence-corrected chi connectivity index (χ4v) is 4.15. The van der Waals surface area contributed by atoms with Crippen LogP contribution in [0, 0.1) is 0 Å². The van der Waals surface area contributed by atoms with Crippen molar-refractivity contribution < 1.29 is 8.68 Å². The quantitative estimate of drug-likeness (QED) is 0.409. The summed E-state index contributed by atoms with van der Waals surface area (Å²) in [5, 5.41) is 0.934. The molecule has 0 atom stereocenters. The molecular weight excluding hydrogens is 268 g/mol. The minimum absolute atomic E-state index is 0.674. The first kappa shape index (κ1) is 8.11. The highest BCUT2D eigenvalue weighted by Crippen LogP contribution is 2.37. The van der Waals surface area contributed by atoms with Gasteiger partial charge < -0.3 is 0 Å². The van der Waals surface area contributed by atoms with Gasteiger partial charge in [-0.3, -0.25) is 9.97 Å². The van der Waals surface area contributed by atoms with Gasteiger partial charge in [-0.05, 0) is 12.1 Å². The lowest BCUT2D eigenvalue weighted by Gasteiger charge is -1.94. The van der Waals surface area contributed by atoms with Gasteiger partial charge in [-0.2, -0.15) is 0 Å². The Kier molecular flexibility index (Phi) is 1.39. The van der Waals surface area contributed by atoms with E-state index in [9.17, 15) is 0 Å². The van der Waals surface area contributed by atoms with Crippen LogP contribution in [0.1, 0.15) is 9.68 Å². The number of aromatic nitrogens is 4. The lowest BCUT2D eigenvalue weighted by Crippen LogP contribution is -2.30. The van der Waals surface area contributed by atoms with Crippen LogP contribution in [0.4, 0.5) is 0 Å². The Hall–Kier alpha value is -2.27. The number of aryl methyl sites for hydroxylation is 1. The highest BCUT2D eigenvalue weighted by atomic mass is 32.1. The van der Waals surface area contributed by atoms with Crippen LogP contribution < -0.4 is 4.57 Å². The maximum atomic E-state index is 8.05. The summed E-state index contributed by atoms with van der Waals surface area (Å²) in [4.78, 5) is 9.30. The average Bonchev–Trinajstić information content (AvgIpc) is 3.13. The zero-order valence-electron chi connectivity index (χ0n) is 13.4. The fraction of sp³-hybridized carbons (Fsp3) is 0.133. The summed E-state index contributed by atoms with van der Waals surface area (Å²) in [5.74, 6) is 0.716. The molecule has 5 heterocycles. The minimum Gasteiger partial charge on any atom is -0.264 e. The van der Waals surface area contributed by atoms with Crippen LogP contribution in [0.2, 0.25) is 0 Å². The van der Waals surface area contributed by atoms with E-state index >= 15 is 0 Å². The first-order valence-corrected chi connectivity index (χ1v) is 7.12. The van der Waals surface area contributed by atoms with E-state index in [1.54, 1.807) is 36.1 Å². The van der Waals surface area contributed by atoms with Gasteiger partial charge in [-0.25, -0.2) is 9.13 Å². The molecule has 0 saturated heterocycles. The number of pyridine rings is 2. The number of nitrogens with zero attached hydrogens (tertiary/aromatic N) is 4. The Morgan fingerprint density at radius 1 is 1.30 bits per heavy atom. The van der Waals surface area contributed by atoms with Crippen LogP contribution in [0.15, 0.2) is 36.9 Å². The van der Waals surface area contributed by atoms with Crippen LogP contribution >= 0.6 is 11.3 Å². The number of hydrogen-bond acceptors (Lipinski definition) is 3. The predicted octanol–water partition coefficient (Wildman–Crippen LogP) is 2.50. The van der Waals surface area contributed by atoms with Crippen molar-refractivity contribution in [2.75, 3.05) is 0 Å². The van der Waals surface area contributed by atoms with Gasteiger partial charge in [0, 0.05) is 35.7 Å². The Morgan fingerprint density at radius 2 is 2.20 bits per heavy atom. The van der Waals surface area contributed by atoms with Crippen LogP contribution in [-0.2, 0) is 13.5 Å². The van der Waals surface area contributed by atoms with E-state index in [0.29, 0.717) is 12.4 Å². The van der Waals surface area contributed by atoms with E-state index in [0.717, 1.165) is 31.6 Å². The van der Waals surface area contributed by atoms with Crippen LogP contribution in [0.5, 0.6) is 0 Å². The zero-order chi connectivity index (χ0) is 15.8. The maximum Gasteiger partial charge on any atom is 0.292 e. The Balaban J connectivity index is 2.01. The second-order valence-electron chi connectivity index (χ2n) is 4.91. The molecule has 0 amide bonds. The topological polar surface area (TPSA) is 34.6 Å². The summed E-state index contributed by atoms with van der Waals surface area (Å²) in [7, 11) is 0. The van der Waals surface area contributed by atoms with Crippen molar-refractivity contribution in [1.29, 1.82) is 0 Å². The molecule has 5 rings (SSSR count).